The molecule has 1 aromatic rings. The van der Waals surface area contributed by atoms with Gasteiger partial charge in [0.15, 0.2) is 0 Å². The highest BCUT2D eigenvalue weighted by molar-refractivity contribution is 5.89. The van der Waals surface area contributed by atoms with Crippen molar-refractivity contribution in [2.45, 2.75) is 20.3 Å². The monoisotopic (exact) mass is 252 g/mol. The summed E-state index contributed by atoms with van der Waals surface area (Å²) >= 11 is 0. The third kappa shape index (κ3) is 2.49. The molecule has 1 aliphatic heterocycles. The van der Waals surface area contributed by atoms with Crippen molar-refractivity contribution in [2.24, 2.45) is 0 Å². The van der Waals surface area contributed by atoms with Crippen molar-refractivity contribution < 1.29 is 14.0 Å². The van der Waals surface area contributed by atoms with Gasteiger partial charge in [0.25, 0.3) is 0 Å². The molecule has 1 aliphatic rings. The SMILES string of the molecule is CCC(=O)N1CCN(C(=O)c2nnc(C)o2)CC1. The van der Waals surface area contributed by atoms with E-state index in [-0.39, 0.29) is 17.7 Å². The van der Waals surface area contributed by atoms with Crippen LogP contribution in [-0.4, -0.2) is 58.0 Å². The fourth-order valence-corrected chi connectivity index (χ4v) is 1.90. The minimum absolute atomic E-state index is 0.0165. The Bertz CT molecular complexity index is 449. The summed E-state index contributed by atoms with van der Waals surface area (Å²) < 4.78 is 5.10. The molecule has 0 atom stereocenters. The first-order valence-electron chi connectivity index (χ1n) is 5.99. The molecule has 0 radical (unpaired) electrons. The van der Waals surface area contributed by atoms with E-state index in [1.165, 1.54) is 0 Å². The van der Waals surface area contributed by atoms with Crippen LogP contribution in [0, 0.1) is 6.92 Å². The molecule has 0 aliphatic carbocycles. The molecule has 1 fully saturated rings. The molecule has 0 saturated carbocycles. The Morgan fingerprint density at radius 1 is 1.17 bits per heavy atom. The Morgan fingerprint density at radius 3 is 2.28 bits per heavy atom. The average Bonchev–Trinajstić information content (AvgIpc) is 2.84. The lowest BCUT2D eigenvalue weighted by atomic mass is 10.3. The maximum Gasteiger partial charge on any atom is 0.311 e. The summed E-state index contributed by atoms with van der Waals surface area (Å²) in [6.07, 6.45) is 0.497. The molecule has 18 heavy (non-hydrogen) atoms. The van der Waals surface area contributed by atoms with Gasteiger partial charge in [-0.1, -0.05) is 6.92 Å². The second kappa shape index (κ2) is 5.16. The number of aryl methyl sites for hydroxylation is 1. The summed E-state index contributed by atoms with van der Waals surface area (Å²) in [5.41, 5.74) is 0. The molecule has 0 N–H and O–H groups in total. The Labute approximate surface area is 105 Å². The fraction of sp³-hybridized carbons (Fsp3) is 0.636. The number of hydrogen-bond acceptors (Lipinski definition) is 5. The summed E-state index contributed by atoms with van der Waals surface area (Å²) in [6.45, 7) is 5.61. The third-order valence-electron chi connectivity index (χ3n) is 2.93. The van der Waals surface area contributed by atoms with E-state index in [0.29, 0.717) is 38.5 Å². The van der Waals surface area contributed by atoms with Crippen molar-refractivity contribution in [2.75, 3.05) is 26.2 Å². The van der Waals surface area contributed by atoms with E-state index in [4.69, 9.17) is 4.42 Å². The summed E-state index contributed by atoms with van der Waals surface area (Å²) in [5.74, 6) is 0.246. The number of carbonyl (C=O) groups excluding carboxylic acids is 2. The van der Waals surface area contributed by atoms with Gasteiger partial charge in [-0.2, -0.15) is 0 Å². The van der Waals surface area contributed by atoms with Crippen molar-refractivity contribution in [3.8, 4) is 0 Å². The Hall–Kier alpha value is -1.92. The van der Waals surface area contributed by atoms with Crippen LogP contribution in [-0.2, 0) is 4.79 Å². The van der Waals surface area contributed by atoms with Gasteiger partial charge in [0.1, 0.15) is 0 Å². The van der Waals surface area contributed by atoms with Gasteiger partial charge in [-0.3, -0.25) is 9.59 Å². The lowest BCUT2D eigenvalue weighted by Gasteiger charge is -2.33. The van der Waals surface area contributed by atoms with Crippen LogP contribution in [0.5, 0.6) is 0 Å². The number of carbonyl (C=O) groups is 2. The van der Waals surface area contributed by atoms with Crippen LogP contribution in [0.3, 0.4) is 0 Å². The van der Waals surface area contributed by atoms with Gasteiger partial charge in [0.05, 0.1) is 0 Å². The van der Waals surface area contributed by atoms with E-state index in [1.54, 1.807) is 16.7 Å². The molecule has 0 bridgehead atoms. The molecule has 98 valence electrons. The number of piperazine rings is 1. The molecule has 7 heteroatoms. The molecule has 2 heterocycles. The number of hydrogen-bond donors (Lipinski definition) is 0. The number of aromatic nitrogens is 2. The zero-order chi connectivity index (χ0) is 13.1. The first kappa shape index (κ1) is 12.5. The smallest absolute Gasteiger partial charge is 0.311 e. The average molecular weight is 252 g/mol. The number of nitrogens with zero attached hydrogens (tertiary/aromatic N) is 4. The van der Waals surface area contributed by atoms with Gasteiger partial charge in [-0.15, -0.1) is 10.2 Å². The van der Waals surface area contributed by atoms with Crippen LogP contribution < -0.4 is 0 Å². The molecule has 0 unspecified atom stereocenters. The van der Waals surface area contributed by atoms with Crippen molar-refractivity contribution in [1.29, 1.82) is 0 Å². The molecule has 1 saturated heterocycles. The van der Waals surface area contributed by atoms with Gasteiger partial charge in [0.2, 0.25) is 11.8 Å². The maximum atomic E-state index is 12.0. The molecular formula is C11H16N4O3. The highest BCUT2D eigenvalue weighted by atomic mass is 16.4. The van der Waals surface area contributed by atoms with Crippen molar-refractivity contribution in [1.82, 2.24) is 20.0 Å². The van der Waals surface area contributed by atoms with Gasteiger partial charge < -0.3 is 14.2 Å². The molecule has 7 nitrogen and oxygen atoms in total. The topological polar surface area (TPSA) is 79.5 Å². The number of rotatable bonds is 2. The second-order valence-electron chi connectivity index (χ2n) is 4.15. The van der Waals surface area contributed by atoms with Crippen LogP contribution in [0.4, 0.5) is 0 Å². The van der Waals surface area contributed by atoms with E-state index < -0.39 is 0 Å². The number of amides is 2. The molecular weight excluding hydrogens is 236 g/mol. The fourth-order valence-electron chi connectivity index (χ4n) is 1.90. The van der Waals surface area contributed by atoms with Crippen LogP contribution >= 0.6 is 0 Å². The summed E-state index contributed by atoms with van der Waals surface area (Å²) in [4.78, 5) is 26.9. The third-order valence-corrected chi connectivity index (χ3v) is 2.93. The second-order valence-corrected chi connectivity index (χ2v) is 4.15. The highest BCUT2D eigenvalue weighted by Gasteiger charge is 2.26. The van der Waals surface area contributed by atoms with Crippen LogP contribution in [0.25, 0.3) is 0 Å². The van der Waals surface area contributed by atoms with Gasteiger partial charge in [-0.25, -0.2) is 0 Å². The lowest BCUT2D eigenvalue weighted by Crippen LogP contribution is -2.50. The van der Waals surface area contributed by atoms with Crippen molar-refractivity contribution in [3.63, 3.8) is 0 Å². The van der Waals surface area contributed by atoms with E-state index in [2.05, 4.69) is 10.2 Å². The summed E-state index contributed by atoms with van der Waals surface area (Å²) in [7, 11) is 0. The van der Waals surface area contributed by atoms with Gasteiger partial charge in [0, 0.05) is 39.5 Å². The minimum Gasteiger partial charge on any atom is -0.417 e. The lowest BCUT2D eigenvalue weighted by molar-refractivity contribution is -0.132. The molecule has 2 rings (SSSR count). The van der Waals surface area contributed by atoms with E-state index in [0.717, 1.165) is 0 Å². The van der Waals surface area contributed by atoms with E-state index in [1.807, 2.05) is 6.92 Å². The maximum absolute atomic E-state index is 12.0. The minimum atomic E-state index is -0.265. The Morgan fingerprint density at radius 2 is 1.78 bits per heavy atom. The zero-order valence-electron chi connectivity index (χ0n) is 10.5. The quantitative estimate of drug-likeness (QED) is 0.744. The van der Waals surface area contributed by atoms with Crippen LogP contribution in [0.15, 0.2) is 4.42 Å². The highest BCUT2D eigenvalue weighted by Crippen LogP contribution is 2.08. The van der Waals surface area contributed by atoms with E-state index >= 15 is 0 Å². The first-order valence-corrected chi connectivity index (χ1v) is 5.99. The standard InChI is InChI=1S/C11H16N4O3/c1-3-9(16)14-4-6-15(7-5-14)11(17)10-13-12-8(2)18-10/h3-7H2,1-2H3. The zero-order valence-corrected chi connectivity index (χ0v) is 10.5. The molecule has 2 amide bonds. The van der Waals surface area contributed by atoms with Gasteiger partial charge >= 0.3 is 11.8 Å². The molecule has 0 aromatic carbocycles. The van der Waals surface area contributed by atoms with E-state index in [9.17, 15) is 9.59 Å². The molecule has 1 aromatic heterocycles. The molecule has 0 spiro atoms. The Kier molecular flexibility index (Phi) is 3.59. The van der Waals surface area contributed by atoms with Crippen molar-refractivity contribution in [3.05, 3.63) is 11.8 Å². The first-order chi connectivity index (χ1) is 8.61. The van der Waals surface area contributed by atoms with Crippen molar-refractivity contribution >= 4 is 11.8 Å². The van der Waals surface area contributed by atoms with Crippen LogP contribution in [0.1, 0.15) is 29.9 Å². The summed E-state index contributed by atoms with van der Waals surface area (Å²) in [6, 6.07) is 0. The summed E-state index contributed by atoms with van der Waals surface area (Å²) in [5, 5.41) is 7.33. The predicted molar refractivity (Wildman–Crippen MR) is 61.8 cm³/mol. The van der Waals surface area contributed by atoms with Gasteiger partial charge in [-0.05, 0) is 0 Å². The van der Waals surface area contributed by atoms with Crippen LogP contribution in [0.2, 0.25) is 0 Å². The largest absolute Gasteiger partial charge is 0.417 e. The predicted octanol–water partition coefficient (Wildman–Crippen LogP) is 0.0724. The normalized spacial score (nSPS) is 15.9. The Balaban J connectivity index is 1.94.